The molecular weight excluding hydrogens is 208 g/mol. The van der Waals surface area contributed by atoms with Crippen LogP contribution in [0.2, 0.25) is 0 Å². The van der Waals surface area contributed by atoms with Gasteiger partial charge in [0.2, 0.25) is 5.60 Å². The smallest absolute Gasteiger partial charge is 0.353 e. The van der Waals surface area contributed by atoms with E-state index in [9.17, 15) is 4.79 Å². The summed E-state index contributed by atoms with van der Waals surface area (Å²) < 4.78 is 5.04. The number of carbonyl (C=O) groups excluding carboxylic acids is 1. The molecule has 0 saturated carbocycles. The fraction of sp³-hybridized carbons (Fsp3) is 0.818. The second-order valence-electron chi connectivity index (χ2n) is 4.44. The van der Waals surface area contributed by atoms with E-state index < -0.39 is 5.60 Å². The second-order valence-corrected chi connectivity index (χ2v) is 4.44. The van der Waals surface area contributed by atoms with Crippen molar-refractivity contribution in [1.29, 1.82) is 0 Å². The molecule has 1 aliphatic rings. The minimum atomic E-state index is -0.946. The number of rotatable bonds is 5. The van der Waals surface area contributed by atoms with Crippen LogP contribution in [0.5, 0.6) is 0 Å². The first-order valence-electron chi connectivity index (χ1n) is 5.65. The van der Waals surface area contributed by atoms with Crippen LogP contribution in [0.4, 0.5) is 0 Å². The fourth-order valence-corrected chi connectivity index (χ4v) is 1.88. The highest BCUT2D eigenvalue weighted by molar-refractivity contribution is 5.94. The van der Waals surface area contributed by atoms with Crippen molar-refractivity contribution in [2.45, 2.75) is 39.2 Å². The van der Waals surface area contributed by atoms with Crippen LogP contribution in [0.1, 0.15) is 33.6 Å². The Bertz CT molecular complexity index is 289. The van der Waals surface area contributed by atoms with Gasteiger partial charge in [-0.3, -0.25) is 0 Å². The molecule has 0 fully saturated rings. The van der Waals surface area contributed by atoms with E-state index in [1.807, 2.05) is 13.8 Å². The zero-order valence-corrected chi connectivity index (χ0v) is 10.2. The normalized spacial score (nSPS) is 24.2. The van der Waals surface area contributed by atoms with Gasteiger partial charge in [0.25, 0.3) is 0 Å². The zero-order valence-electron chi connectivity index (χ0n) is 10.2. The monoisotopic (exact) mass is 228 g/mol. The van der Waals surface area contributed by atoms with Crippen molar-refractivity contribution in [1.82, 2.24) is 0 Å². The van der Waals surface area contributed by atoms with E-state index in [2.05, 4.69) is 5.16 Å². The third-order valence-electron chi connectivity index (χ3n) is 2.46. The number of ether oxygens (including phenoxy) is 1. The van der Waals surface area contributed by atoms with Crippen LogP contribution in [0.3, 0.4) is 0 Å². The first kappa shape index (κ1) is 13.0. The van der Waals surface area contributed by atoms with Gasteiger partial charge in [0.05, 0.1) is 12.3 Å². The Morgan fingerprint density at radius 1 is 1.69 bits per heavy atom. The van der Waals surface area contributed by atoms with E-state index >= 15 is 0 Å². The van der Waals surface area contributed by atoms with Crippen LogP contribution in [0, 0.1) is 5.92 Å². The molecule has 1 unspecified atom stereocenters. The summed E-state index contributed by atoms with van der Waals surface area (Å²) in [4.78, 5) is 17.2. The predicted molar refractivity (Wildman–Crippen MR) is 61.0 cm³/mol. The van der Waals surface area contributed by atoms with Crippen molar-refractivity contribution in [3.8, 4) is 0 Å². The number of carbonyl (C=O) groups is 1. The maximum Gasteiger partial charge on any atom is 0.353 e. The molecule has 0 aromatic rings. The molecule has 1 heterocycles. The Labute approximate surface area is 96.0 Å². The molecule has 2 N–H and O–H groups in total. The molecule has 16 heavy (non-hydrogen) atoms. The quantitative estimate of drug-likeness (QED) is 0.714. The number of esters is 1. The molecule has 0 aliphatic carbocycles. The summed E-state index contributed by atoms with van der Waals surface area (Å²) in [5.74, 6) is -0.00682. The summed E-state index contributed by atoms with van der Waals surface area (Å²) in [6, 6.07) is 0. The van der Waals surface area contributed by atoms with Crippen LogP contribution < -0.4 is 5.73 Å². The van der Waals surface area contributed by atoms with Crippen molar-refractivity contribution < 1.29 is 14.4 Å². The molecule has 0 radical (unpaired) electrons. The van der Waals surface area contributed by atoms with Gasteiger partial charge in [-0.25, -0.2) is 4.79 Å². The number of nitrogens with zero attached hydrogens (tertiary/aromatic N) is 1. The maximum atomic E-state index is 11.9. The Morgan fingerprint density at radius 3 is 2.81 bits per heavy atom. The number of hydrogen-bond donors (Lipinski definition) is 1. The SMILES string of the molecule is CCOC(=O)C1(CC(C)C)CC(CN)=NO1. The molecule has 5 nitrogen and oxygen atoms in total. The van der Waals surface area contributed by atoms with Crippen molar-refractivity contribution in [3.05, 3.63) is 0 Å². The Morgan fingerprint density at radius 2 is 2.38 bits per heavy atom. The van der Waals surface area contributed by atoms with Gasteiger partial charge in [0.1, 0.15) is 0 Å². The van der Waals surface area contributed by atoms with E-state index in [0.29, 0.717) is 37.6 Å². The third-order valence-corrected chi connectivity index (χ3v) is 2.46. The van der Waals surface area contributed by atoms with Crippen LogP contribution in [0.25, 0.3) is 0 Å². The van der Waals surface area contributed by atoms with E-state index in [-0.39, 0.29) is 5.97 Å². The topological polar surface area (TPSA) is 73.9 Å². The van der Waals surface area contributed by atoms with E-state index in [1.165, 1.54) is 0 Å². The predicted octanol–water partition coefficient (Wildman–Crippen LogP) is 1.07. The number of nitrogens with two attached hydrogens (primary N) is 1. The van der Waals surface area contributed by atoms with Crippen LogP contribution >= 0.6 is 0 Å². The highest BCUT2D eigenvalue weighted by atomic mass is 16.7. The highest BCUT2D eigenvalue weighted by Gasteiger charge is 2.47. The standard InChI is InChI=1S/C11H20N2O3/c1-4-15-10(14)11(5-8(2)3)6-9(7-12)13-16-11/h8H,4-7,12H2,1-3H3. The van der Waals surface area contributed by atoms with Crippen LogP contribution in [-0.2, 0) is 14.4 Å². The minimum Gasteiger partial charge on any atom is -0.463 e. The highest BCUT2D eigenvalue weighted by Crippen LogP contribution is 2.32. The molecule has 0 amide bonds. The minimum absolute atomic E-state index is 0.319. The van der Waals surface area contributed by atoms with Crippen LogP contribution in [-0.4, -0.2) is 30.4 Å². The average Bonchev–Trinajstić information content (AvgIpc) is 2.62. The molecule has 0 aromatic carbocycles. The lowest BCUT2D eigenvalue weighted by Gasteiger charge is -2.25. The van der Waals surface area contributed by atoms with Crippen molar-refractivity contribution in [2.24, 2.45) is 16.8 Å². The first-order chi connectivity index (χ1) is 7.54. The summed E-state index contributed by atoms with van der Waals surface area (Å²) in [5.41, 5.74) is 5.27. The van der Waals surface area contributed by atoms with Gasteiger partial charge in [0, 0.05) is 19.4 Å². The third kappa shape index (κ3) is 2.72. The van der Waals surface area contributed by atoms with Crippen molar-refractivity contribution in [2.75, 3.05) is 13.2 Å². The summed E-state index contributed by atoms with van der Waals surface area (Å²) in [5, 5.41) is 3.85. The summed E-state index contributed by atoms with van der Waals surface area (Å²) >= 11 is 0. The van der Waals surface area contributed by atoms with Crippen molar-refractivity contribution >= 4 is 11.7 Å². The summed E-state index contributed by atoms with van der Waals surface area (Å²) in [6.07, 6.45) is 1.04. The van der Waals surface area contributed by atoms with Crippen LogP contribution in [0.15, 0.2) is 5.16 Å². The summed E-state index contributed by atoms with van der Waals surface area (Å²) in [6.45, 7) is 6.51. The molecule has 1 aliphatic heterocycles. The Balaban J connectivity index is 2.76. The Kier molecular flexibility index (Phi) is 4.29. The number of oxime groups is 1. The van der Waals surface area contributed by atoms with Gasteiger partial charge in [-0.2, -0.15) is 0 Å². The van der Waals surface area contributed by atoms with E-state index in [0.717, 1.165) is 0 Å². The number of hydrogen-bond acceptors (Lipinski definition) is 5. The average molecular weight is 228 g/mol. The second kappa shape index (κ2) is 5.30. The maximum absolute atomic E-state index is 11.9. The van der Waals surface area contributed by atoms with Gasteiger partial charge >= 0.3 is 5.97 Å². The summed E-state index contributed by atoms with van der Waals surface area (Å²) in [7, 11) is 0. The lowest BCUT2D eigenvalue weighted by Crippen LogP contribution is -2.42. The zero-order chi connectivity index (χ0) is 12.2. The Hall–Kier alpha value is -1.10. The van der Waals surface area contributed by atoms with E-state index in [1.54, 1.807) is 6.92 Å². The van der Waals surface area contributed by atoms with E-state index in [4.69, 9.17) is 15.3 Å². The van der Waals surface area contributed by atoms with Gasteiger partial charge < -0.3 is 15.3 Å². The van der Waals surface area contributed by atoms with Gasteiger partial charge in [0.15, 0.2) is 0 Å². The fourth-order valence-electron chi connectivity index (χ4n) is 1.88. The molecule has 92 valence electrons. The molecule has 0 saturated heterocycles. The molecule has 0 aromatic heterocycles. The molecule has 1 atom stereocenters. The largest absolute Gasteiger partial charge is 0.463 e. The molecule has 0 spiro atoms. The lowest BCUT2D eigenvalue weighted by atomic mass is 9.88. The molecular formula is C11H20N2O3. The van der Waals surface area contributed by atoms with Gasteiger partial charge in [-0.15, -0.1) is 0 Å². The molecule has 0 bridgehead atoms. The molecule has 5 heteroatoms. The van der Waals surface area contributed by atoms with Gasteiger partial charge in [-0.05, 0) is 12.8 Å². The van der Waals surface area contributed by atoms with Gasteiger partial charge in [-0.1, -0.05) is 19.0 Å². The molecule has 1 rings (SSSR count). The first-order valence-corrected chi connectivity index (χ1v) is 5.65. The van der Waals surface area contributed by atoms with Crippen molar-refractivity contribution in [3.63, 3.8) is 0 Å². The lowest BCUT2D eigenvalue weighted by molar-refractivity contribution is -0.171.